The monoisotopic (exact) mass is 414 g/mol. The number of likely N-dealkylation sites (tertiary alicyclic amines) is 1. The third-order valence-electron chi connectivity index (χ3n) is 5.79. The summed E-state index contributed by atoms with van der Waals surface area (Å²) in [6, 6.07) is 5.72. The molecule has 0 saturated carbocycles. The van der Waals surface area contributed by atoms with Crippen molar-refractivity contribution in [1.29, 1.82) is 0 Å². The van der Waals surface area contributed by atoms with Gasteiger partial charge in [-0.3, -0.25) is 4.79 Å². The van der Waals surface area contributed by atoms with Gasteiger partial charge in [0.25, 0.3) is 5.91 Å². The smallest absolute Gasteiger partial charge is 0.255 e. The maximum absolute atomic E-state index is 13.2. The molecule has 1 fully saturated rings. The van der Waals surface area contributed by atoms with E-state index in [9.17, 15) is 9.18 Å². The molecule has 7 heteroatoms. The molecule has 0 unspecified atom stereocenters. The molecule has 1 saturated heterocycles. The van der Waals surface area contributed by atoms with E-state index in [1.165, 1.54) is 4.90 Å². The molecule has 1 aliphatic rings. The van der Waals surface area contributed by atoms with E-state index in [0.29, 0.717) is 12.1 Å². The number of benzene rings is 1. The Balaban J connectivity index is 1.72. The number of rotatable bonds is 4. The van der Waals surface area contributed by atoms with Gasteiger partial charge in [0.1, 0.15) is 6.17 Å². The third kappa shape index (κ3) is 3.46. The minimum absolute atomic E-state index is 0.155. The Morgan fingerprint density at radius 3 is 2.69 bits per heavy atom. The van der Waals surface area contributed by atoms with Crippen molar-refractivity contribution in [2.24, 2.45) is 0 Å². The van der Waals surface area contributed by atoms with Crippen LogP contribution in [0.4, 0.5) is 10.1 Å². The number of anilines is 1. The van der Waals surface area contributed by atoms with Crippen LogP contribution >= 0.6 is 11.6 Å². The molecule has 1 aliphatic heterocycles. The highest BCUT2D eigenvalue weighted by Crippen LogP contribution is 2.27. The quantitative estimate of drug-likeness (QED) is 0.677. The van der Waals surface area contributed by atoms with Crippen LogP contribution in [0.5, 0.6) is 0 Å². The van der Waals surface area contributed by atoms with Crippen molar-refractivity contribution in [2.75, 3.05) is 18.4 Å². The molecule has 1 N–H and O–H groups in total. The fraction of sp³-hybridized carbons (Fsp3) is 0.364. The number of amides is 1. The van der Waals surface area contributed by atoms with Crippen LogP contribution in [-0.4, -0.2) is 39.5 Å². The van der Waals surface area contributed by atoms with Gasteiger partial charge >= 0.3 is 0 Å². The maximum atomic E-state index is 13.2. The molecule has 4 rings (SSSR count). The Morgan fingerprint density at radius 2 is 2.00 bits per heavy atom. The van der Waals surface area contributed by atoms with Crippen LogP contribution in [0.3, 0.4) is 0 Å². The SMILES string of the molecule is Cc1ccc(Cl)c(C)c1CNc1cc(C(=O)N2CC(F)C2)cn2c(C)c(C)nc12. The standard InChI is InChI=1S/C22H24ClFN4O/c1-12-5-6-19(23)13(2)18(12)8-25-20-7-16(22(29)27-10-17(24)11-27)9-28-15(4)14(3)26-21(20)28/h5-7,9,17,25H,8,10-11H2,1-4H3. The van der Waals surface area contributed by atoms with Crippen LogP contribution < -0.4 is 5.32 Å². The van der Waals surface area contributed by atoms with E-state index in [1.54, 1.807) is 6.20 Å². The molecule has 1 amide bonds. The number of aromatic nitrogens is 2. The fourth-order valence-electron chi connectivity index (χ4n) is 3.71. The highest BCUT2D eigenvalue weighted by molar-refractivity contribution is 6.31. The van der Waals surface area contributed by atoms with Gasteiger partial charge in [0.2, 0.25) is 0 Å². The molecular weight excluding hydrogens is 391 g/mol. The Morgan fingerprint density at radius 1 is 1.28 bits per heavy atom. The Labute approximate surface area is 174 Å². The number of carbonyl (C=O) groups is 1. The van der Waals surface area contributed by atoms with Gasteiger partial charge < -0.3 is 14.6 Å². The van der Waals surface area contributed by atoms with Gasteiger partial charge in [0.15, 0.2) is 5.65 Å². The van der Waals surface area contributed by atoms with Gasteiger partial charge in [-0.1, -0.05) is 17.7 Å². The molecule has 29 heavy (non-hydrogen) atoms. The summed E-state index contributed by atoms with van der Waals surface area (Å²) in [4.78, 5) is 19.0. The second kappa shape index (κ2) is 7.34. The van der Waals surface area contributed by atoms with Crippen molar-refractivity contribution >= 4 is 28.8 Å². The molecule has 0 atom stereocenters. The predicted octanol–water partition coefficient (Wildman–Crippen LogP) is 4.63. The van der Waals surface area contributed by atoms with Gasteiger partial charge in [0.05, 0.1) is 30.0 Å². The van der Waals surface area contributed by atoms with Crippen molar-refractivity contribution in [3.05, 3.63) is 63.1 Å². The Kier molecular flexibility index (Phi) is 4.99. The summed E-state index contributed by atoms with van der Waals surface area (Å²) in [5.74, 6) is -0.162. The molecule has 0 aliphatic carbocycles. The summed E-state index contributed by atoms with van der Waals surface area (Å²) >= 11 is 6.30. The van der Waals surface area contributed by atoms with Gasteiger partial charge in [-0.15, -0.1) is 0 Å². The minimum Gasteiger partial charge on any atom is -0.378 e. The zero-order valence-corrected chi connectivity index (χ0v) is 17.8. The summed E-state index contributed by atoms with van der Waals surface area (Å²) in [6.07, 6.45) is 0.867. The first-order valence-electron chi connectivity index (χ1n) is 9.67. The lowest BCUT2D eigenvalue weighted by molar-refractivity contribution is 0.0400. The van der Waals surface area contributed by atoms with Crippen LogP contribution in [0.2, 0.25) is 5.02 Å². The molecule has 0 bridgehead atoms. The van der Waals surface area contributed by atoms with Gasteiger partial charge in [-0.2, -0.15) is 0 Å². The summed E-state index contributed by atoms with van der Waals surface area (Å²) in [5, 5.41) is 4.17. The number of hydrogen-bond acceptors (Lipinski definition) is 3. The van der Waals surface area contributed by atoms with E-state index in [4.69, 9.17) is 11.6 Å². The van der Waals surface area contributed by atoms with E-state index in [2.05, 4.69) is 17.2 Å². The molecule has 3 aromatic rings. The third-order valence-corrected chi connectivity index (χ3v) is 6.20. The molecular formula is C22H24ClFN4O. The highest BCUT2D eigenvalue weighted by atomic mass is 35.5. The van der Waals surface area contributed by atoms with Crippen LogP contribution in [0, 0.1) is 27.7 Å². The highest BCUT2D eigenvalue weighted by Gasteiger charge is 2.31. The van der Waals surface area contributed by atoms with E-state index >= 15 is 0 Å². The summed E-state index contributed by atoms with van der Waals surface area (Å²) in [7, 11) is 0. The zero-order valence-electron chi connectivity index (χ0n) is 17.0. The number of carbonyl (C=O) groups excluding carboxylic acids is 1. The second-order valence-corrected chi connectivity index (χ2v) is 8.15. The molecule has 3 heterocycles. The van der Waals surface area contributed by atoms with Crippen molar-refractivity contribution in [2.45, 2.75) is 40.4 Å². The van der Waals surface area contributed by atoms with Crippen LogP contribution in [0.25, 0.3) is 5.65 Å². The number of fused-ring (bicyclic) bond motifs is 1. The number of aryl methyl sites for hydroxylation is 3. The van der Waals surface area contributed by atoms with Crippen molar-refractivity contribution in [3.8, 4) is 0 Å². The number of nitrogens with one attached hydrogen (secondary N) is 1. The lowest BCUT2D eigenvalue weighted by atomic mass is 10.0. The van der Waals surface area contributed by atoms with Crippen molar-refractivity contribution < 1.29 is 9.18 Å². The number of imidazole rings is 1. The number of halogens is 2. The van der Waals surface area contributed by atoms with E-state index in [0.717, 1.165) is 44.4 Å². The Bertz CT molecular complexity index is 1120. The lowest BCUT2D eigenvalue weighted by Crippen LogP contribution is -2.51. The number of pyridine rings is 1. The normalized spacial score (nSPS) is 14.3. The zero-order chi connectivity index (χ0) is 20.9. The van der Waals surface area contributed by atoms with E-state index in [-0.39, 0.29) is 19.0 Å². The summed E-state index contributed by atoms with van der Waals surface area (Å²) in [5.41, 5.74) is 7.23. The van der Waals surface area contributed by atoms with E-state index < -0.39 is 6.17 Å². The van der Waals surface area contributed by atoms with Crippen molar-refractivity contribution in [3.63, 3.8) is 0 Å². The molecule has 0 spiro atoms. The molecule has 152 valence electrons. The van der Waals surface area contributed by atoms with Crippen LogP contribution in [-0.2, 0) is 6.54 Å². The average Bonchev–Trinajstić information content (AvgIpc) is 2.96. The average molecular weight is 415 g/mol. The molecule has 2 aromatic heterocycles. The molecule has 5 nitrogen and oxygen atoms in total. The first kappa shape index (κ1) is 19.7. The lowest BCUT2D eigenvalue weighted by Gasteiger charge is -2.34. The van der Waals surface area contributed by atoms with Gasteiger partial charge in [-0.25, -0.2) is 9.37 Å². The molecule has 1 aromatic carbocycles. The maximum Gasteiger partial charge on any atom is 0.255 e. The predicted molar refractivity (Wildman–Crippen MR) is 114 cm³/mol. The Hall–Kier alpha value is -2.60. The second-order valence-electron chi connectivity index (χ2n) is 7.75. The number of hydrogen-bond donors (Lipinski definition) is 1. The minimum atomic E-state index is -0.925. The number of nitrogens with zero attached hydrogens (tertiary/aromatic N) is 3. The molecule has 0 radical (unpaired) electrons. The van der Waals surface area contributed by atoms with Crippen LogP contribution in [0.1, 0.15) is 38.4 Å². The fourth-order valence-corrected chi connectivity index (χ4v) is 3.89. The first-order valence-corrected chi connectivity index (χ1v) is 10.0. The topological polar surface area (TPSA) is 49.6 Å². The summed E-state index contributed by atoms with van der Waals surface area (Å²) in [6.45, 7) is 8.85. The van der Waals surface area contributed by atoms with E-state index in [1.807, 2.05) is 43.4 Å². The number of alkyl halides is 1. The van der Waals surface area contributed by atoms with Crippen molar-refractivity contribution in [1.82, 2.24) is 14.3 Å². The van der Waals surface area contributed by atoms with Gasteiger partial charge in [0, 0.05) is 23.5 Å². The first-order chi connectivity index (χ1) is 13.8. The van der Waals surface area contributed by atoms with Gasteiger partial charge in [-0.05, 0) is 56.5 Å². The van der Waals surface area contributed by atoms with Crippen LogP contribution in [0.15, 0.2) is 24.4 Å². The summed E-state index contributed by atoms with van der Waals surface area (Å²) < 4.78 is 15.2. The largest absolute Gasteiger partial charge is 0.378 e.